The molecular weight excluding hydrogens is 696 g/mol. The van der Waals surface area contributed by atoms with Gasteiger partial charge in [-0.2, -0.15) is 0 Å². The Hall–Kier alpha value is -3.92. The van der Waals surface area contributed by atoms with E-state index in [4.69, 9.17) is 33.2 Å². The van der Waals surface area contributed by atoms with Crippen molar-refractivity contribution in [2.24, 2.45) is 0 Å². The van der Waals surface area contributed by atoms with Crippen molar-refractivity contribution in [2.45, 2.75) is 93.6 Å². The van der Waals surface area contributed by atoms with Crippen LogP contribution in [0.3, 0.4) is 0 Å². The number of carbonyl (C=O) groups is 2. The molecule has 2 aromatic rings. The molecule has 18 heteroatoms. The first-order valence-corrected chi connectivity index (χ1v) is 16.1. The lowest BCUT2D eigenvalue weighted by Gasteiger charge is -2.42. The Bertz CT molecular complexity index is 1510. The molecule has 0 bridgehead atoms. The fourth-order valence-corrected chi connectivity index (χ4v) is 5.32. The first kappa shape index (κ1) is 40.8. The zero-order chi connectivity index (χ0) is 38.3. The molecule has 2 fully saturated rings. The van der Waals surface area contributed by atoms with Gasteiger partial charge in [0.15, 0.2) is 23.9 Å². The number of aliphatic hydroxyl groups is 8. The largest absolute Gasteiger partial charge is 0.504 e. The van der Waals surface area contributed by atoms with Gasteiger partial charge in [0.2, 0.25) is 6.29 Å². The Kier molecular flexibility index (Phi) is 13.9. The minimum atomic E-state index is -1.90. The van der Waals surface area contributed by atoms with Crippen LogP contribution < -0.4 is 9.47 Å². The van der Waals surface area contributed by atoms with Crippen molar-refractivity contribution in [3.8, 4) is 17.2 Å². The van der Waals surface area contributed by atoms with Crippen LogP contribution in [-0.4, -0.2) is 151 Å². The third-order valence-electron chi connectivity index (χ3n) is 8.35. The average molecular weight is 741 g/mol. The lowest BCUT2D eigenvalue weighted by atomic mass is 9.98. The summed E-state index contributed by atoms with van der Waals surface area (Å²) in [6.45, 7) is 0.826. The van der Waals surface area contributed by atoms with Gasteiger partial charge in [0.25, 0.3) is 0 Å². The lowest BCUT2D eigenvalue weighted by Crippen LogP contribution is -2.61. The number of aromatic hydroxyl groups is 1. The summed E-state index contributed by atoms with van der Waals surface area (Å²) in [7, 11) is 1.35. The number of ether oxygens (including phenoxy) is 7. The summed E-state index contributed by atoms with van der Waals surface area (Å²) in [4.78, 5) is 26.5. The molecule has 0 radical (unpaired) electrons. The molecule has 0 saturated carbocycles. The lowest BCUT2D eigenvalue weighted by molar-refractivity contribution is -0.320. The first-order valence-electron chi connectivity index (χ1n) is 16.1. The van der Waals surface area contributed by atoms with Gasteiger partial charge < -0.3 is 79.1 Å². The second-order valence-corrected chi connectivity index (χ2v) is 12.6. The number of esters is 2. The topological polar surface area (TPSA) is 281 Å². The van der Waals surface area contributed by atoms with Crippen LogP contribution in [0.5, 0.6) is 17.2 Å². The van der Waals surface area contributed by atoms with E-state index in [1.807, 2.05) is 0 Å². The van der Waals surface area contributed by atoms with Crippen LogP contribution in [0.1, 0.15) is 25.0 Å². The minimum Gasteiger partial charge on any atom is -0.504 e. The van der Waals surface area contributed by atoms with Crippen molar-refractivity contribution >= 4 is 18.0 Å². The number of rotatable bonds is 14. The number of hydrogen-bond acceptors (Lipinski definition) is 18. The molecule has 18 nitrogen and oxygen atoms in total. The Morgan fingerprint density at radius 3 is 1.98 bits per heavy atom. The molecule has 11 unspecified atom stereocenters. The van der Waals surface area contributed by atoms with Crippen LogP contribution in [0, 0.1) is 0 Å². The van der Waals surface area contributed by atoms with E-state index in [1.165, 1.54) is 69.5 Å². The van der Waals surface area contributed by atoms with E-state index in [0.717, 1.165) is 6.08 Å². The summed E-state index contributed by atoms with van der Waals surface area (Å²) >= 11 is 0. The molecule has 52 heavy (non-hydrogen) atoms. The maximum atomic E-state index is 13.6. The summed E-state index contributed by atoms with van der Waals surface area (Å²) in [5.74, 6) is -1.86. The van der Waals surface area contributed by atoms with Gasteiger partial charge in [-0.3, -0.25) is 0 Å². The van der Waals surface area contributed by atoms with Crippen molar-refractivity contribution in [3.05, 3.63) is 59.7 Å². The third kappa shape index (κ3) is 9.73. The SMILES string of the molecule is COc1cc(/C=C/C(=O)OC(C)(C)C(OC2OC(CO)C(O)C(O)C2O)C(=O)OCc2ccc(OC3OC(CO)C(O)C(O)C3O)cc2)ccc1O. The zero-order valence-electron chi connectivity index (χ0n) is 28.4. The highest BCUT2D eigenvalue weighted by atomic mass is 16.7. The number of carbonyl (C=O) groups excluding carboxylic acids is 2. The predicted molar refractivity (Wildman–Crippen MR) is 173 cm³/mol. The van der Waals surface area contributed by atoms with Gasteiger partial charge in [-0.1, -0.05) is 18.2 Å². The summed E-state index contributed by atoms with van der Waals surface area (Å²) < 4.78 is 38.1. The van der Waals surface area contributed by atoms with Gasteiger partial charge in [0.05, 0.1) is 20.3 Å². The maximum Gasteiger partial charge on any atom is 0.339 e. The monoisotopic (exact) mass is 740 g/mol. The van der Waals surface area contributed by atoms with Crippen LogP contribution in [0.4, 0.5) is 0 Å². The number of phenols is 1. The molecule has 11 atom stereocenters. The molecule has 288 valence electrons. The second kappa shape index (κ2) is 17.7. The van der Waals surface area contributed by atoms with E-state index in [2.05, 4.69) is 0 Å². The number of methoxy groups -OCH3 is 1. The van der Waals surface area contributed by atoms with Crippen LogP contribution >= 0.6 is 0 Å². The molecule has 2 aromatic carbocycles. The van der Waals surface area contributed by atoms with Crippen molar-refractivity contribution in [3.63, 3.8) is 0 Å². The fourth-order valence-electron chi connectivity index (χ4n) is 5.32. The van der Waals surface area contributed by atoms with Gasteiger partial charge in [0, 0.05) is 6.08 Å². The van der Waals surface area contributed by atoms with Crippen molar-refractivity contribution < 1.29 is 88.7 Å². The second-order valence-electron chi connectivity index (χ2n) is 12.6. The van der Waals surface area contributed by atoms with E-state index in [-0.39, 0.29) is 23.9 Å². The molecule has 4 rings (SSSR count). The summed E-state index contributed by atoms with van der Waals surface area (Å²) in [5.41, 5.74) is -0.974. The first-order chi connectivity index (χ1) is 24.6. The van der Waals surface area contributed by atoms with E-state index in [9.17, 15) is 55.5 Å². The number of benzene rings is 2. The van der Waals surface area contributed by atoms with Gasteiger partial charge in [-0.05, 0) is 55.3 Å². The molecule has 0 aliphatic carbocycles. The molecule has 2 saturated heterocycles. The van der Waals surface area contributed by atoms with Crippen molar-refractivity contribution in [1.82, 2.24) is 0 Å². The standard InChI is InChI=1S/C34H44O18/c1-34(2,52-23(38)11-7-16-6-10-19(37)20(12-16)46-3)30(51-33-29(44)27(42)25(40)22(14-36)50-33)31(45)47-15-17-4-8-18(9-5-17)48-32-28(43)26(41)24(39)21(13-35)49-32/h4-12,21-22,24-30,32-33,35-37,39-44H,13-15H2,1-3H3/b11-7+. The maximum absolute atomic E-state index is 13.6. The Morgan fingerprint density at radius 1 is 0.827 bits per heavy atom. The molecule has 0 aromatic heterocycles. The minimum absolute atomic E-state index is 0.118. The Labute approximate surface area is 297 Å². The van der Waals surface area contributed by atoms with E-state index in [0.29, 0.717) is 11.1 Å². The van der Waals surface area contributed by atoms with E-state index in [1.54, 1.807) is 0 Å². The molecule has 0 spiro atoms. The Balaban J connectivity index is 1.47. The van der Waals surface area contributed by atoms with Gasteiger partial charge in [-0.15, -0.1) is 0 Å². The average Bonchev–Trinajstić information content (AvgIpc) is 3.12. The zero-order valence-corrected chi connectivity index (χ0v) is 28.4. The highest BCUT2D eigenvalue weighted by molar-refractivity contribution is 5.88. The van der Waals surface area contributed by atoms with Crippen molar-refractivity contribution in [1.29, 1.82) is 0 Å². The van der Waals surface area contributed by atoms with E-state index >= 15 is 0 Å². The smallest absolute Gasteiger partial charge is 0.339 e. The number of hydrogen-bond donors (Lipinski definition) is 9. The summed E-state index contributed by atoms with van der Waals surface area (Å²) in [6.07, 6.45) is -15.5. The van der Waals surface area contributed by atoms with Gasteiger partial charge >= 0.3 is 11.9 Å². The fraction of sp³-hybridized carbons (Fsp3) is 0.529. The van der Waals surface area contributed by atoms with Crippen LogP contribution in [0.15, 0.2) is 48.5 Å². The van der Waals surface area contributed by atoms with Crippen LogP contribution in [0.25, 0.3) is 6.08 Å². The van der Waals surface area contributed by atoms with Gasteiger partial charge in [-0.25, -0.2) is 9.59 Å². The highest BCUT2D eigenvalue weighted by Crippen LogP contribution is 2.30. The normalized spacial score (nSPS) is 30.1. The Morgan fingerprint density at radius 2 is 1.40 bits per heavy atom. The number of aliphatic hydroxyl groups excluding tert-OH is 8. The highest BCUT2D eigenvalue weighted by Gasteiger charge is 2.49. The van der Waals surface area contributed by atoms with E-state index < -0.39 is 98.3 Å². The molecule has 2 aliphatic heterocycles. The molecule has 2 heterocycles. The number of phenolic OH excluding ortho intramolecular Hbond substituents is 1. The summed E-state index contributed by atoms with van der Waals surface area (Å²) in [5, 5.41) is 90.0. The molecule has 9 N–H and O–H groups in total. The van der Waals surface area contributed by atoms with Crippen LogP contribution in [0.2, 0.25) is 0 Å². The molecule has 2 aliphatic rings. The third-order valence-corrected chi connectivity index (χ3v) is 8.35. The van der Waals surface area contributed by atoms with Gasteiger partial charge in [0.1, 0.15) is 66.8 Å². The van der Waals surface area contributed by atoms with Crippen LogP contribution in [-0.2, 0) is 39.9 Å². The summed E-state index contributed by atoms with van der Waals surface area (Å²) in [6, 6.07) is 10.1. The predicted octanol–water partition coefficient (Wildman–Crippen LogP) is -2.16. The quantitative estimate of drug-likeness (QED) is 0.0737. The molecule has 0 amide bonds. The molecular formula is C34H44O18. The van der Waals surface area contributed by atoms with Crippen molar-refractivity contribution in [2.75, 3.05) is 20.3 Å².